The number of carbonyl (C=O) groups is 1. The maximum Gasteiger partial charge on any atom is 0.416 e. The molecule has 0 radical (unpaired) electrons. The van der Waals surface area contributed by atoms with E-state index in [4.69, 9.17) is 15.4 Å². The maximum absolute atomic E-state index is 12.7. The van der Waals surface area contributed by atoms with Gasteiger partial charge in [-0.15, -0.1) is 0 Å². The Labute approximate surface area is 123 Å². The molecule has 112 valence electrons. The highest BCUT2D eigenvalue weighted by Gasteiger charge is 2.30. The van der Waals surface area contributed by atoms with Crippen LogP contribution in [0, 0.1) is 11.3 Å². The molecule has 2 rings (SSSR count). The highest BCUT2D eigenvalue weighted by molar-refractivity contribution is 6.00. The van der Waals surface area contributed by atoms with Crippen molar-refractivity contribution < 1.29 is 22.4 Å². The van der Waals surface area contributed by atoms with Crippen LogP contribution in [0.25, 0.3) is 17.4 Å². The molecule has 0 atom stereocenters. The van der Waals surface area contributed by atoms with E-state index in [0.717, 1.165) is 18.2 Å². The van der Waals surface area contributed by atoms with E-state index in [1.807, 2.05) is 0 Å². The Balaban J connectivity index is 2.37. The molecular weight excluding hydrogens is 297 g/mol. The average Bonchev–Trinajstić information content (AvgIpc) is 2.92. The van der Waals surface area contributed by atoms with Gasteiger partial charge >= 0.3 is 6.18 Å². The normalized spacial score (nSPS) is 12.0. The van der Waals surface area contributed by atoms with Gasteiger partial charge in [-0.2, -0.15) is 18.4 Å². The Hall–Kier alpha value is -3.01. The SMILES string of the molecule is N#CC(=Cc1ccc(-c2cccc(C(F)(F)F)c2)o1)C(N)=O. The standard InChI is InChI=1S/C15H9F3N2O2/c16-15(17,18)11-3-1-2-9(6-11)13-5-4-12(22-13)7-10(8-19)14(20)21/h1-7H,(H2,20,21). The summed E-state index contributed by atoms with van der Waals surface area (Å²) in [5.74, 6) is -0.596. The third kappa shape index (κ3) is 3.35. The van der Waals surface area contributed by atoms with Crippen molar-refractivity contribution >= 4 is 12.0 Å². The molecule has 0 saturated carbocycles. The molecule has 2 N–H and O–H groups in total. The van der Waals surface area contributed by atoms with Crippen LogP contribution in [0.4, 0.5) is 13.2 Å². The molecule has 0 bridgehead atoms. The third-order valence-electron chi connectivity index (χ3n) is 2.77. The van der Waals surface area contributed by atoms with Gasteiger partial charge in [0.15, 0.2) is 0 Å². The molecule has 22 heavy (non-hydrogen) atoms. The summed E-state index contributed by atoms with van der Waals surface area (Å²) in [5.41, 5.74) is 4.10. The zero-order valence-corrected chi connectivity index (χ0v) is 11.0. The highest BCUT2D eigenvalue weighted by Crippen LogP contribution is 2.32. The number of nitrogens with zero attached hydrogens (tertiary/aromatic N) is 1. The third-order valence-corrected chi connectivity index (χ3v) is 2.77. The minimum atomic E-state index is -4.45. The number of furan rings is 1. The first-order valence-corrected chi connectivity index (χ1v) is 6.00. The molecule has 1 aromatic carbocycles. The summed E-state index contributed by atoms with van der Waals surface area (Å²) in [4.78, 5) is 10.9. The van der Waals surface area contributed by atoms with Crippen molar-refractivity contribution in [2.45, 2.75) is 6.18 Å². The molecule has 4 nitrogen and oxygen atoms in total. The molecule has 7 heteroatoms. The molecular formula is C15H9F3N2O2. The molecule has 0 aliphatic heterocycles. The van der Waals surface area contributed by atoms with Crippen molar-refractivity contribution in [2.75, 3.05) is 0 Å². The van der Waals surface area contributed by atoms with E-state index in [2.05, 4.69) is 0 Å². The van der Waals surface area contributed by atoms with Crippen molar-refractivity contribution in [3.05, 3.63) is 53.3 Å². The van der Waals surface area contributed by atoms with Crippen LogP contribution in [0.1, 0.15) is 11.3 Å². The molecule has 0 saturated heterocycles. The van der Waals surface area contributed by atoms with Gasteiger partial charge in [-0.1, -0.05) is 12.1 Å². The number of alkyl halides is 3. The number of halogens is 3. The second-order valence-electron chi connectivity index (χ2n) is 4.31. The van der Waals surface area contributed by atoms with Crippen molar-refractivity contribution in [3.8, 4) is 17.4 Å². The molecule has 1 aromatic heterocycles. The minimum absolute atomic E-state index is 0.141. The van der Waals surface area contributed by atoms with Gasteiger partial charge in [0.05, 0.1) is 5.56 Å². The van der Waals surface area contributed by atoms with E-state index in [9.17, 15) is 18.0 Å². The lowest BCUT2D eigenvalue weighted by Crippen LogP contribution is -2.12. The van der Waals surface area contributed by atoms with Crippen LogP contribution in [0.2, 0.25) is 0 Å². The average molecular weight is 306 g/mol. The summed E-state index contributed by atoms with van der Waals surface area (Å²) in [5, 5.41) is 8.72. The quantitative estimate of drug-likeness (QED) is 0.697. The number of nitriles is 1. The van der Waals surface area contributed by atoms with Crippen molar-refractivity contribution in [1.82, 2.24) is 0 Å². The summed E-state index contributed by atoms with van der Waals surface area (Å²) in [6.45, 7) is 0. The van der Waals surface area contributed by atoms with E-state index in [1.165, 1.54) is 24.3 Å². The Morgan fingerprint density at radius 3 is 2.59 bits per heavy atom. The summed E-state index contributed by atoms with van der Waals surface area (Å²) < 4.78 is 43.3. The van der Waals surface area contributed by atoms with Crippen molar-refractivity contribution in [1.29, 1.82) is 5.26 Å². The zero-order valence-electron chi connectivity index (χ0n) is 11.0. The summed E-state index contributed by atoms with van der Waals surface area (Å²) in [6.07, 6.45) is -3.33. The predicted octanol–water partition coefficient (Wildman–Crippen LogP) is 3.36. The van der Waals surface area contributed by atoms with E-state index >= 15 is 0 Å². The molecule has 1 amide bonds. The Bertz CT molecular complexity index is 783. The first kappa shape index (κ1) is 15.4. The second-order valence-corrected chi connectivity index (χ2v) is 4.31. The highest BCUT2D eigenvalue weighted by atomic mass is 19.4. The molecule has 0 unspecified atom stereocenters. The van der Waals surface area contributed by atoms with Crippen molar-refractivity contribution in [3.63, 3.8) is 0 Å². The van der Waals surface area contributed by atoms with Crippen LogP contribution in [-0.4, -0.2) is 5.91 Å². The molecule has 0 spiro atoms. The van der Waals surface area contributed by atoms with Crippen LogP contribution in [0.3, 0.4) is 0 Å². The van der Waals surface area contributed by atoms with Gasteiger partial charge in [-0.05, 0) is 24.3 Å². The van der Waals surface area contributed by atoms with Gasteiger partial charge in [0, 0.05) is 11.6 Å². The van der Waals surface area contributed by atoms with Crippen LogP contribution < -0.4 is 5.73 Å². The lowest BCUT2D eigenvalue weighted by Gasteiger charge is -2.07. The van der Waals surface area contributed by atoms with Crippen LogP contribution in [0.5, 0.6) is 0 Å². The summed E-state index contributed by atoms with van der Waals surface area (Å²) >= 11 is 0. The Morgan fingerprint density at radius 2 is 2.00 bits per heavy atom. The molecule has 0 fully saturated rings. The predicted molar refractivity (Wildman–Crippen MR) is 71.9 cm³/mol. The number of carbonyl (C=O) groups excluding carboxylic acids is 1. The van der Waals surface area contributed by atoms with Gasteiger partial charge in [0.2, 0.25) is 0 Å². The number of benzene rings is 1. The largest absolute Gasteiger partial charge is 0.457 e. The maximum atomic E-state index is 12.7. The monoisotopic (exact) mass is 306 g/mol. The van der Waals surface area contributed by atoms with Gasteiger partial charge in [0.1, 0.15) is 23.2 Å². The molecule has 2 aromatic rings. The number of rotatable bonds is 3. The van der Waals surface area contributed by atoms with E-state index < -0.39 is 17.6 Å². The molecule has 1 heterocycles. The minimum Gasteiger partial charge on any atom is -0.457 e. The van der Waals surface area contributed by atoms with Crippen molar-refractivity contribution in [2.24, 2.45) is 5.73 Å². The number of primary amides is 1. The Morgan fingerprint density at radius 1 is 1.27 bits per heavy atom. The van der Waals surface area contributed by atoms with Gasteiger partial charge in [-0.25, -0.2) is 0 Å². The molecule has 0 aliphatic carbocycles. The fourth-order valence-electron chi connectivity index (χ4n) is 1.74. The topological polar surface area (TPSA) is 80.0 Å². The van der Waals surface area contributed by atoms with E-state index in [-0.39, 0.29) is 22.7 Å². The molecule has 0 aliphatic rings. The first-order chi connectivity index (χ1) is 10.3. The van der Waals surface area contributed by atoms with E-state index in [1.54, 1.807) is 6.07 Å². The Kier molecular flexibility index (Phi) is 4.04. The number of hydrogen-bond donors (Lipinski definition) is 1. The van der Waals surface area contributed by atoms with Crippen LogP contribution >= 0.6 is 0 Å². The zero-order chi connectivity index (χ0) is 16.3. The van der Waals surface area contributed by atoms with E-state index in [0.29, 0.717) is 0 Å². The van der Waals surface area contributed by atoms with Gasteiger partial charge in [-0.3, -0.25) is 4.79 Å². The van der Waals surface area contributed by atoms with Crippen LogP contribution in [0.15, 0.2) is 46.4 Å². The first-order valence-electron chi connectivity index (χ1n) is 6.00. The number of hydrogen-bond acceptors (Lipinski definition) is 3. The lowest BCUT2D eigenvalue weighted by molar-refractivity contribution is -0.137. The van der Waals surface area contributed by atoms with Gasteiger partial charge < -0.3 is 10.2 Å². The van der Waals surface area contributed by atoms with Crippen LogP contribution in [-0.2, 0) is 11.0 Å². The second kappa shape index (κ2) is 5.77. The van der Waals surface area contributed by atoms with Gasteiger partial charge in [0.25, 0.3) is 5.91 Å². The number of amides is 1. The fourth-order valence-corrected chi connectivity index (χ4v) is 1.74. The summed E-state index contributed by atoms with van der Waals surface area (Å²) in [7, 11) is 0. The fraction of sp³-hybridized carbons (Fsp3) is 0.0667. The lowest BCUT2D eigenvalue weighted by atomic mass is 10.1. The smallest absolute Gasteiger partial charge is 0.416 e. The number of nitrogens with two attached hydrogens (primary N) is 1. The summed E-state index contributed by atoms with van der Waals surface area (Å²) in [6, 6.07) is 9.10.